The molecule has 0 aliphatic heterocycles. The van der Waals surface area contributed by atoms with Gasteiger partial charge in [-0.3, -0.25) is 4.79 Å². The van der Waals surface area contributed by atoms with Crippen molar-refractivity contribution in [2.24, 2.45) is 17.8 Å². The molecular weight excluding hydrogens is 460 g/mol. The topological polar surface area (TPSA) is 83.5 Å². The average molecular weight is 484 g/mol. The van der Waals surface area contributed by atoms with Crippen molar-refractivity contribution in [1.82, 2.24) is 0 Å². The molecule has 0 aromatic heterocycles. The minimum atomic E-state index is -3.87. The second-order valence-corrected chi connectivity index (χ2v) is 11.7. The number of benzene rings is 2. The predicted molar refractivity (Wildman–Crippen MR) is 117 cm³/mol. The third kappa shape index (κ3) is 3.93. The lowest BCUT2D eigenvalue weighted by molar-refractivity contribution is -0.0466. The quantitative estimate of drug-likeness (QED) is 0.652. The summed E-state index contributed by atoms with van der Waals surface area (Å²) in [5, 5.41) is 12.6. The second kappa shape index (κ2) is 8.08. The Hall–Kier alpha value is -2.03. The molecule has 2 aliphatic carbocycles. The summed E-state index contributed by atoms with van der Waals surface area (Å²) in [5.74, 6) is -2.85. The number of nitrogens with one attached hydrogen (secondary N) is 1. The Labute approximate surface area is 190 Å². The highest BCUT2D eigenvalue weighted by molar-refractivity contribution is 7.92. The van der Waals surface area contributed by atoms with Gasteiger partial charge in [0, 0.05) is 17.3 Å². The molecule has 32 heavy (non-hydrogen) atoms. The monoisotopic (exact) mass is 483 g/mol. The van der Waals surface area contributed by atoms with E-state index in [0.29, 0.717) is 12.8 Å². The summed E-state index contributed by atoms with van der Waals surface area (Å²) in [5.41, 5.74) is -0.827. The highest BCUT2D eigenvalue weighted by Crippen LogP contribution is 2.54. The Morgan fingerprint density at radius 2 is 1.84 bits per heavy atom. The molecule has 5 atom stereocenters. The number of hydrogen-bond donors (Lipinski definition) is 2. The molecule has 0 spiro atoms. The van der Waals surface area contributed by atoms with Gasteiger partial charge in [0.25, 0.3) is 5.91 Å². The second-order valence-electron chi connectivity index (χ2n) is 9.11. The zero-order valence-corrected chi connectivity index (χ0v) is 19.2. The summed E-state index contributed by atoms with van der Waals surface area (Å²) < 4.78 is 53.5. The molecule has 2 unspecified atom stereocenters. The first-order chi connectivity index (χ1) is 14.9. The Bertz CT molecular complexity index is 1180. The van der Waals surface area contributed by atoms with E-state index in [4.69, 9.17) is 11.6 Å². The number of carbonyl (C=O) groups excluding carboxylic acids is 1. The molecule has 2 N–H and O–H groups in total. The predicted octanol–water partition coefficient (Wildman–Crippen LogP) is 4.83. The third-order valence-corrected chi connectivity index (χ3v) is 9.76. The van der Waals surface area contributed by atoms with Crippen LogP contribution in [0.5, 0.6) is 0 Å². The Morgan fingerprint density at radius 1 is 1.12 bits per heavy atom. The third-order valence-electron chi connectivity index (χ3n) is 7.10. The molecule has 2 saturated carbocycles. The largest absolute Gasteiger partial charge is 0.390 e. The van der Waals surface area contributed by atoms with Crippen molar-refractivity contribution >= 4 is 33.0 Å². The first-order valence-electron chi connectivity index (χ1n) is 10.4. The summed E-state index contributed by atoms with van der Waals surface area (Å²) in [4.78, 5) is 12.5. The van der Waals surface area contributed by atoms with E-state index in [1.54, 1.807) is 6.92 Å². The Morgan fingerprint density at radius 3 is 2.50 bits per heavy atom. The van der Waals surface area contributed by atoms with Crippen molar-refractivity contribution in [3.63, 3.8) is 0 Å². The first kappa shape index (κ1) is 23.1. The first-order valence-corrected chi connectivity index (χ1v) is 12.4. The van der Waals surface area contributed by atoms with Gasteiger partial charge in [-0.25, -0.2) is 17.2 Å². The van der Waals surface area contributed by atoms with Crippen molar-refractivity contribution in [3.05, 3.63) is 58.6 Å². The smallest absolute Gasteiger partial charge is 0.255 e. The highest BCUT2D eigenvalue weighted by Gasteiger charge is 2.56. The number of amides is 1. The van der Waals surface area contributed by atoms with E-state index < -0.39 is 38.2 Å². The Kier molecular flexibility index (Phi) is 5.84. The van der Waals surface area contributed by atoms with Gasteiger partial charge in [0.2, 0.25) is 0 Å². The minimum Gasteiger partial charge on any atom is -0.390 e. The molecule has 9 heteroatoms. The molecule has 2 fully saturated rings. The van der Waals surface area contributed by atoms with Gasteiger partial charge < -0.3 is 10.4 Å². The van der Waals surface area contributed by atoms with Gasteiger partial charge in [0.15, 0.2) is 21.5 Å². The van der Waals surface area contributed by atoms with Crippen LogP contribution in [0.25, 0.3) is 0 Å². The van der Waals surface area contributed by atoms with E-state index in [1.807, 2.05) is 6.92 Å². The standard InChI is InChI=1S/C23H24ClF2NO4S/c1-12-7-14-9-16(11-17(12)23(14,2)29)32(30,31)21-8-13(3-5-18(21)24)22(28)27-15-4-6-19(25)20(26)10-15/h3-6,8,10,12,14,16-17,29H,7,9,11H2,1-2H3,(H,27,28)/t12-,14?,16+,17?,23+/m0/s1. The van der Waals surface area contributed by atoms with Crippen LogP contribution in [-0.4, -0.2) is 30.3 Å². The number of rotatable bonds is 4. The van der Waals surface area contributed by atoms with Gasteiger partial charge in [-0.05, 0) is 74.3 Å². The summed E-state index contributed by atoms with van der Waals surface area (Å²) in [6.45, 7) is 3.81. The summed E-state index contributed by atoms with van der Waals surface area (Å²) >= 11 is 6.22. The van der Waals surface area contributed by atoms with Crippen molar-refractivity contribution in [2.45, 2.75) is 48.9 Å². The van der Waals surface area contributed by atoms with E-state index in [9.17, 15) is 27.1 Å². The Balaban J connectivity index is 1.61. The SMILES string of the molecule is C[C@H]1CC2C[C@@H](S(=O)(=O)c3cc(C(=O)Nc4ccc(F)c(F)c4)ccc3Cl)CC1[C@]2(C)O. The fraction of sp³-hybridized carbons (Fsp3) is 0.435. The molecule has 172 valence electrons. The van der Waals surface area contributed by atoms with E-state index in [-0.39, 0.29) is 38.9 Å². The summed E-state index contributed by atoms with van der Waals surface area (Å²) in [7, 11) is -3.87. The lowest BCUT2D eigenvalue weighted by atomic mass is 9.74. The van der Waals surface area contributed by atoms with Gasteiger partial charge in [0.1, 0.15) is 0 Å². The highest BCUT2D eigenvalue weighted by atomic mass is 35.5. The van der Waals surface area contributed by atoms with Crippen LogP contribution in [0, 0.1) is 29.4 Å². The number of sulfone groups is 1. The van der Waals surface area contributed by atoms with Crippen LogP contribution >= 0.6 is 11.6 Å². The van der Waals surface area contributed by atoms with Crippen LogP contribution in [0.1, 0.15) is 43.5 Å². The van der Waals surface area contributed by atoms with Crippen LogP contribution in [0.4, 0.5) is 14.5 Å². The van der Waals surface area contributed by atoms with Gasteiger partial charge in [-0.2, -0.15) is 0 Å². The van der Waals surface area contributed by atoms with Gasteiger partial charge in [-0.1, -0.05) is 18.5 Å². The number of fused-ring (bicyclic) bond motifs is 2. The zero-order valence-electron chi connectivity index (χ0n) is 17.6. The molecule has 2 aromatic rings. The van der Waals surface area contributed by atoms with E-state index in [0.717, 1.165) is 18.6 Å². The summed E-state index contributed by atoms with van der Waals surface area (Å²) in [6.07, 6.45) is 1.43. The van der Waals surface area contributed by atoms with E-state index in [2.05, 4.69) is 5.32 Å². The number of hydrogen-bond acceptors (Lipinski definition) is 4. The molecular formula is C23H24ClF2NO4S. The van der Waals surface area contributed by atoms with Gasteiger partial charge in [0.05, 0.1) is 20.8 Å². The maximum atomic E-state index is 13.5. The molecule has 4 rings (SSSR count). The van der Waals surface area contributed by atoms with Crippen LogP contribution in [0.2, 0.25) is 5.02 Å². The van der Waals surface area contributed by atoms with Gasteiger partial charge in [-0.15, -0.1) is 0 Å². The molecule has 2 aliphatic rings. The fourth-order valence-electron chi connectivity index (χ4n) is 5.31. The van der Waals surface area contributed by atoms with Crippen molar-refractivity contribution in [2.75, 3.05) is 5.32 Å². The average Bonchev–Trinajstić information content (AvgIpc) is 2.84. The normalized spacial score (nSPS) is 29.7. The maximum absolute atomic E-state index is 13.5. The lowest BCUT2D eigenvalue weighted by Gasteiger charge is -2.40. The molecule has 0 saturated heterocycles. The fourth-order valence-corrected chi connectivity index (χ4v) is 7.68. The molecule has 2 bridgehead atoms. The number of aliphatic hydroxyl groups is 1. The maximum Gasteiger partial charge on any atom is 0.255 e. The zero-order chi connectivity index (χ0) is 23.4. The van der Waals surface area contributed by atoms with Crippen LogP contribution in [-0.2, 0) is 9.84 Å². The van der Waals surface area contributed by atoms with Crippen molar-refractivity contribution < 1.29 is 27.1 Å². The minimum absolute atomic E-state index is 0.00658. The van der Waals surface area contributed by atoms with Crippen LogP contribution < -0.4 is 5.32 Å². The number of anilines is 1. The summed E-state index contributed by atoms with van der Waals surface area (Å²) in [6, 6.07) is 6.85. The molecule has 5 nitrogen and oxygen atoms in total. The van der Waals surface area contributed by atoms with Crippen molar-refractivity contribution in [1.29, 1.82) is 0 Å². The number of carbonyl (C=O) groups is 1. The molecule has 1 amide bonds. The number of halogens is 3. The van der Waals surface area contributed by atoms with Crippen molar-refractivity contribution in [3.8, 4) is 0 Å². The van der Waals surface area contributed by atoms with Gasteiger partial charge >= 0.3 is 0 Å². The van der Waals surface area contributed by atoms with E-state index >= 15 is 0 Å². The lowest BCUT2D eigenvalue weighted by Crippen LogP contribution is -2.46. The molecule has 2 aromatic carbocycles. The van der Waals surface area contributed by atoms with E-state index in [1.165, 1.54) is 24.3 Å². The molecule has 0 heterocycles. The molecule has 0 radical (unpaired) electrons. The van der Waals surface area contributed by atoms with Crippen LogP contribution in [0.15, 0.2) is 41.3 Å². The van der Waals surface area contributed by atoms with Crippen LogP contribution in [0.3, 0.4) is 0 Å².